The summed E-state index contributed by atoms with van der Waals surface area (Å²) in [6.45, 7) is 16.2. The van der Waals surface area contributed by atoms with E-state index in [-0.39, 0.29) is 55.9 Å². The molecular weight excluding hydrogens is 940 g/mol. The highest BCUT2D eigenvalue weighted by molar-refractivity contribution is 5.91. The minimum absolute atomic E-state index is 0. The molecule has 4 rings (SSSR count). The van der Waals surface area contributed by atoms with E-state index in [1.165, 1.54) is 38.5 Å². The van der Waals surface area contributed by atoms with Crippen LogP contribution in [0.3, 0.4) is 0 Å². The van der Waals surface area contributed by atoms with Crippen molar-refractivity contribution in [1.29, 1.82) is 0 Å². The van der Waals surface area contributed by atoms with Gasteiger partial charge in [0.05, 0.1) is 36.7 Å². The van der Waals surface area contributed by atoms with Crippen LogP contribution in [-0.4, -0.2) is 112 Å². The minimum Gasteiger partial charge on any atom is -1.00 e. The highest BCUT2D eigenvalue weighted by atomic mass is 35.5. The number of carbonyl (C=O) groups is 4. The first-order chi connectivity index (χ1) is 33.8. The molecule has 0 aromatic carbocycles. The molecule has 5 atom stereocenters. The van der Waals surface area contributed by atoms with Gasteiger partial charge in [-0.15, -0.1) is 0 Å². The standard InChI is InChI=1S/C55H94N6O10.ClH/c1-9-44-28-22-23-34-55(69-44)39-42-31-32-46-48(45(29-25-27-41(2)62)58-50(59-55)61(42)46)49(65)68-38-24-20-18-16-14-12-10-11-13-15-17-19-21-30-47(64)60(37-26-35-56-51(66)70-53(3,4)5)40-43(63)33-36-57-52(67)71-54(6,7)8;/h22,28,41-44,62-63H,9-21,23-27,29-40H2,1-8H3,(H2,56,57,66,67);1H/t41-,42+,43+,44+,55+;/m1./s1. The second kappa shape index (κ2) is 31.9. The number of hydrogen-bond acceptors (Lipinski definition) is 12. The number of aliphatic hydroxyl groups is 2. The summed E-state index contributed by atoms with van der Waals surface area (Å²) in [7, 11) is 0. The summed E-state index contributed by atoms with van der Waals surface area (Å²) in [5.74, 6) is 0.496. The molecule has 0 bridgehead atoms. The number of hydrogen-bond donors (Lipinski definition) is 5. The second-order valence-electron chi connectivity index (χ2n) is 22.3. The molecule has 0 radical (unpaired) electrons. The summed E-state index contributed by atoms with van der Waals surface area (Å²) in [6.07, 6.45) is 24.9. The summed E-state index contributed by atoms with van der Waals surface area (Å²) in [5.41, 5.74) is 0.711. The van der Waals surface area contributed by atoms with Crippen molar-refractivity contribution in [3.63, 3.8) is 0 Å². The Morgan fingerprint density at radius 3 is 2.06 bits per heavy atom. The third-order valence-electron chi connectivity index (χ3n) is 13.4. The number of ether oxygens (including phenoxy) is 4. The third kappa shape index (κ3) is 23.2. The van der Waals surface area contributed by atoms with Gasteiger partial charge in [0.25, 0.3) is 0 Å². The van der Waals surface area contributed by atoms with Gasteiger partial charge in [-0.25, -0.2) is 24.3 Å². The molecule has 72 heavy (non-hydrogen) atoms. The first-order valence-electron chi connectivity index (χ1n) is 27.6. The lowest BCUT2D eigenvalue weighted by molar-refractivity contribution is -0.713. The molecular formula is C55H95ClN6O10. The van der Waals surface area contributed by atoms with E-state index < -0.39 is 41.3 Å². The fourth-order valence-corrected chi connectivity index (χ4v) is 9.85. The normalized spacial score (nSPS) is 19.0. The number of nitrogens with zero attached hydrogens (tertiary/aromatic N) is 3. The van der Waals surface area contributed by atoms with Gasteiger partial charge in [0.1, 0.15) is 22.5 Å². The lowest BCUT2D eigenvalue weighted by atomic mass is 9.95. The molecule has 0 fully saturated rings. The number of rotatable bonds is 31. The Balaban J connectivity index is 0.0000137. The second-order valence-corrected chi connectivity index (χ2v) is 22.3. The summed E-state index contributed by atoms with van der Waals surface area (Å²) in [4.78, 5) is 58.0. The maximum atomic E-state index is 13.8. The molecule has 0 saturated carbocycles. The first-order valence-corrected chi connectivity index (χ1v) is 27.6. The largest absolute Gasteiger partial charge is 1.00 e. The van der Waals surface area contributed by atoms with E-state index >= 15 is 0 Å². The smallest absolute Gasteiger partial charge is 0.407 e. The van der Waals surface area contributed by atoms with Gasteiger partial charge >= 0.3 is 24.1 Å². The van der Waals surface area contributed by atoms with Crippen molar-refractivity contribution in [3.05, 3.63) is 29.1 Å². The quantitative estimate of drug-likeness (QED) is 0.0170. The van der Waals surface area contributed by atoms with Crippen LogP contribution in [0.25, 0.3) is 0 Å². The SMILES string of the molecule is CC[C@H]1C=CCC[C@@]2(C[C@@H]3CCc4c(C(=O)OCCCCCCCCCCCCCCCC(=O)N(CCCNC(=O)OC(C)(C)C)C[C@@H](O)CCNC(=O)OC(C)(C)C)c(CCC[C@@H](C)O)nc([n+]43)N2)O1.[Cl-]. The van der Waals surface area contributed by atoms with Gasteiger partial charge in [0.2, 0.25) is 5.91 Å². The predicted molar refractivity (Wildman–Crippen MR) is 276 cm³/mol. The summed E-state index contributed by atoms with van der Waals surface area (Å²) in [6, 6.07) is 0.221. The van der Waals surface area contributed by atoms with Crippen molar-refractivity contribution in [3.8, 4) is 0 Å². The van der Waals surface area contributed by atoms with Gasteiger partial charge < -0.3 is 57.1 Å². The van der Waals surface area contributed by atoms with Gasteiger partial charge in [-0.3, -0.25) is 4.79 Å². The Kier molecular flexibility index (Phi) is 27.7. The van der Waals surface area contributed by atoms with E-state index in [2.05, 4.69) is 39.6 Å². The van der Waals surface area contributed by atoms with Crippen molar-refractivity contribution in [1.82, 2.24) is 20.5 Å². The Bertz CT molecular complexity index is 1840. The molecule has 1 aromatic rings. The molecule has 17 heteroatoms. The molecule has 0 saturated heterocycles. The van der Waals surface area contributed by atoms with Crippen LogP contribution in [0.15, 0.2) is 12.2 Å². The van der Waals surface area contributed by atoms with E-state index in [4.69, 9.17) is 23.9 Å². The number of aliphatic hydroxyl groups excluding tert-OH is 2. The first kappa shape index (κ1) is 62.6. The topological polar surface area (TPSA) is 202 Å². The van der Waals surface area contributed by atoms with Gasteiger partial charge in [-0.05, 0) is 106 Å². The van der Waals surface area contributed by atoms with Crippen molar-refractivity contribution in [2.24, 2.45) is 0 Å². The maximum absolute atomic E-state index is 13.8. The lowest BCUT2D eigenvalue weighted by Crippen LogP contribution is -3.00. The van der Waals surface area contributed by atoms with Gasteiger partial charge in [0, 0.05) is 58.3 Å². The van der Waals surface area contributed by atoms with Crippen molar-refractivity contribution in [2.75, 3.05) is 38.1 Å². The summed E-state index contributed by atoms with van der Waals surface area (Å²) >= 11 is 0. The van der Waals surface area contributed by atoms with E-state index in [1.807, 2.05) is 0 Å². The van der Waals surface area contributed by atoms with E-state index in [0.29, 0.717) is 50.9 Å². The van der Waals surface area contributed by atoms with E-state index in [0.717, 1.165) is 107 Å². The number of amides is 3. The number of anilines is 1. The monoisotopic (exact) mass is 1030 g/mol. The van der Waals surface area contributed by atoms with Crippen molar-refractivity contribution < 1.29 is 65.3 Å². The van der Waals surface area contributed by atoms with Crippen LogP contribution < -0.4 is 32.9 Å². The minimum atomic E-state index is -0.822. The van der Waals surface area contributed by atoms with Crippen molar-refractivity contribution >= 4 is 30.0 Å². The zero-order valence-electron chi connectivity index (χ0n) is 45.6. The molecule has 3 aliphatic rings. The molecule has 16 nitrogen and oxygen atoms in total. The summed E-state index contributed by atoms with van der Waals surface area (Å²) < 4.78 is 25.5. The highest BCUT2D eigenvalue weighted by Gasteiger charge is 2.51. The van der Waals surface area contributed by atoms with Crippen LogP contribution >= 0.6 is 0 Å². The maximum Gasteiger partial charge on any atom is 0.407 e. The average molecular weight is 1040 g/mol. The number of allylic oxidation sites excluding steroid dienone is 1. The number of aryl methyl sites for hydroxylation is 1. The van der Waals surface area contributed by atoms with E-state index in [1.54, 1.807) is 53.4 Å². The van der Waals surface area contributed by atoms with Gasteiger partial charge in [-0.1, -0.05) is 94.7 Å². The van der Waals surface area contributed by atoms with Crippen LogP contribution in [0.2, 0.25) is 0 Å². The number of nitrogens with one attached hydrogen (secondary N) is 3. The molecule has 0 unspecified atom stereocenters. The molecule has 0 aliphatic carbocycles. The molecule has 1 aromatic heterocycles. The molecule has 3 amide bonds. The number of carbonyl (C=O) groups excluding carboxylic acids is 4. The Labute approximate surface area is 438 Å². The highest BCUT2D eigenvalue weighted by Crippen LogP contribution is 2.41. The zero-order valence-corrected chi connectivity index (χ0v) is 46.3. The number of alkyl carbamates (subject to hydrolysis) is 2. The Morgan fingerprint density at radius 2 is 1.46 bits per heavy atom. The van der Waals surface area contributed by atoms with Gasteiger partial charge in [0.15, 0.2) is 5.72 Å². The lowest BCUT2D eigenvalue weighted by Gasteiger charge is -2.38. The molecule has 1 spiro atoms. The van der Waals surface area contributed by atoms with Crippen LogP contribution in [0, 0.1) is 0 Å². The number of aromatic nitrogens is 2. The van der Waals surface area contributed by atoms with Crippen LogP contribution in [0.5, 0.6) is 0 Å². The van der Waals surface area contributed by atoms with Crippen molar-refractivity contribution in [2.45, 2.75) is 257 Å². The molecule has 3 aliphatic heterocycles. The van der Waals surface area contributed by atoms with Crippen LogP contribution in [0.4, 0.5) is 15.5 Å². The van der Waals surface area contributed by atoms with E-state index in [9.17, 15) is 29.4 Å². The summed E-state index contributed by atoms with van der Waals surface area (Å²) in [5, 5.41) is 29.9. The Morgan fingerprint density at radius 1 is 0.861 bits per heavy atom. The number of halogens is 1. The molecule has 5 N–H and O–H groups in total. The van der Waals surface area contributed by atoms with Crippen LogP contribution in [0.1, 0.15) is 231 Å². The Hall–Kier alpha value is -3.73. The van der Waals surface area contributed by atoms with Crippen LogP contribution in [-0.2, 0) is 36.6 Å². The average Bonchev–Trinajstić information content (AvgIpc) is 3.59. The fourth-order valence-electron chi connectivity index (χ4n) is 9.85. The third-order valence-corrected chi connectivity index (χ3v) is 13.4. The number of unbranched alkanes of at least 4 members (excludes halogenated alkanes) is 12. The zero-order chi connectivity index (χ0) is 51.9. The molecule has 4 heterocycles. The molecule has 412 valence electrons. The number of esters is 1. The predicted octanol–water partition coefficient (Wildman–Crippen LogP) is 6.86. The fraction of sp³-hybridized carbons (Fsp3) is 0.818. The van der Waals surface area contributed by atoms with Gasteiger partial charge in [-0.2, -0.15) is 0 Å².